The standard InChI is InChI=1S/C19H20N4OS/c1-12-9-10-13(2)16(11-12)20-18(24)14(3)25-19-21-17(22-23-19)15-7-5-4-6-8-15/h4-11,14H,1-3H3,(H,20,24)(H,21,22,23)/t14-/m0/s1. The Morgan fingerprint density at radius 2 is 1.92 bits per heavy atom. The molecule has 0 fully saturated rings. The lowest BCUT2D eigenvalue weighted by atomic mass is 10.1. The first kappa shape index (κ1) is 17.2. The number of nitrogens with one attached hydrogen (secondary N) is 2. The van der Waals surface area contributed by atoms with Crippen molar-refractivity contribution in [3.05, 3.63) is 59.7 Å². The Labute approximate surface area is 151 Å². The summed E-state index contributed by atoms with van der Waals surface area (Å²) in [7, 11) is 0. The van der Waals surface area contributed by atoms with Crippen molar-refractivity contribution in [1.82, 2.24) is 15.2 Å². The third-order valence-electron chi connectivity index (χ3n) is 3.81. The average molecular weight is 352 g/mol. The number of aromatic amines is 1. The van der Waals surface area contributed by atoms with Gasteiger partial charge in [0.05, 0.1) is 5.25 Å². The molecule has 1 amide bonds. The third-order valence-corrected chi connectivity index (χ3v) is 4.78. The van der Waals surface area contributed by atoms with Crippen molar-refractivity contribution in [2.45, 2.75) is 31.2 Å². The van der Waals surface area contributed by atoms with Gasteiger partial charge in [0, 0.05) is 11.3 Å². The van der Waals surface area contributed by atoms with Crippen molar-refractivity contribution in [3.8, 4) is 11.4 Å². The highest BCUT2D eigenvalue weighted by atomic mass is 32.2. The molecule has 0 aliphatic carbocycles. The van der Waals surface area contributed by atoms with E-state index in [1.807, 2.05) is 69.3 Å². The van der Waals surface area contributed by atoms with Gasteiger partial charge in [-0.2, -0.15) is 0 Å². The van der Waals surface area contributed by atoms with Crippen LogP contribution in [-0.2, 0) is 4.79 Å². The van der Waals surface area contributed by atoms with Gasteiger partial charge in [0.15, 0.2) is 5.82 Å². The number of amides is 1. The van der Waals surface area contributed by atoms with Crippen LogP contribution in [0.4, 0.5) is 5.69 Å². The van der Waals surface area contributed by atoms with Crippen LogP contribution < -0.4 is 5.32 Å². The number of anilines is 1. The molecule has 6 heteroatoms. The van der Waals surface area contributed by atoms with Crippen LogP contribution in [0.1, 0.15) is 18.1 Å². The first-order valence-corrected chi connectivity index (χ1v) is 8.93. The lowest BCUT2D eigenvalue weighted by Crippen LogP contribution is -2.23. The highest BCUT2D eigenvalue weighted by molar-refractivity contribution is 8.00. The van der Waals surface area contributed by atoms with E-state index < -0.39 is 0 Å². The van der Waals surface area contributed by atoms with E-state index in [0.717, 1.165) is 22.4 Å². The number of aromatic nitrogens is 3. The number of thioether (sulfide) groups is 1. The molecule has 0 saturated heterocycles. The normalized spacial score (nSPS) is 12.0. The van der Waals surface area contributed by atoms with Gasteiger partial charge in [-0.3, -0.25) is 9.89 Å². The molecular formula is C19H20N4OS. The van der Waals surface area contributed by atoms with Crippen molar-refractivity contribution in [3.63, 3.8) is 0 Å². The number of rotatable bonds is 5. The van der Waals surface area contributed by atoms with Crippen LogP contribution >= 0.6 is 11.8 Å². The SMILES string of the molecule is Cc1ccc(C)c(NC(=O)[C@H](C)Sc2n[nH]c(-c3ccccc3)n2)c1. The predicted molar refractivity (Wildman–Crippen MR) is 102 cm³/mol. The van der Waals surface area contributed by atoms with E-state index in [9.17, 15) is 4.79 Å². The Bertz CT molecular complexity index is 876. The van der Waals surface area contributed by atoms with Crippen molar-refractivity contribution in [1.29, 1.82) is 0 Å². The summed E-state index contributed by atoms with van der Waals surface area (Å²) in [6.07, 6.45) is 0. The van der Waals surface area contributed by atoms with E-state index in [1.54, 1.807) is 0 Å². The summed E-state index contributed by atoms with van der Waals surface area (Å²) >= 11 is 1.33. The maximum absolute atomic E-state index is 12.5. The third kappa shape index (κ3) is 4.28. The Morgan fingerprint density at radius 3 is 2.68 bits per heavy atom. The zero-order valence-corrected chi connectivity index (χ0v) is 15.2. The molecule has 1 heterocycles. The number of carbonyl (C=O) groups is 1. The summed E-state index contributed by atoms with van der Waals surface area (Å²) < 4.78 is 0. The molecule has 1 atom stereocenters. The van der Waals surface area contributed by atoms with Gasteiger partial charge in [-0.25, -0.2) is 4.98 Å². The molecule has 0 aliphatic heterocycles. The van der Waals surface area contributed by atoms with Gasteiger partial charge in [0.25, 0.3) is 0 Å². The summed E-state index contributed by atoms with van der Waals surface area (Å²) in [5, 5.41) is 10.4. The van der Waals surface area contributed by atoms with Crippen molar-refractivity contribution in [2.75, 3.05) is 5.32 Å². The molecule has 0 radical (unpaired) electrons. The summed E-state index contributed by atoms with van der Waals surface area (Å²) in [6, 6.07) is 15.8. The lowest BCUT2D eigenvalue weighted by molar-refractivity contribution is -0.115. The second-order valence-electron chi connectivity index (χ2n) is 5.90. The summed E-state index contributed by atoms with van der Waals surface area (Å²) in [6.45, 7) is 5.84. The van der Waals surface area contributed by atoms with Crippen LogP contribution in [0.2, 0.25) is 0 Å². The number of nitrogens with zero attached hydrogens (tertiary/aromatic N) is 2. The fourth-order valence-electron chi connectivity index (χ4n) is 2.34. The maximum atomic E-state index is 12.5. The molecule has 0 unspecified atom stereocenters. The predicted octanol–water partition coefficient (Wildman–Crippen LogP) is 4.21. The van der Waals surface area contributed by atoms with E-state index in [2.05, 4.69) is 20.5 Å². The number of carbonyl (C=O) groups excluding carboxylic acids is 1. The highest BCUT2D eigenvalue weighted by Gasteiger charge is 2.18. The van der Waals surface area contributed by atoms with E-state index in [-0.39, 0.29) is 11.2 Å². The lowest BCUT2D eigenvalue weighted by Gasteiger charge is -2.12. The minimum atomic E-state index is -0.306. The number of hydrogen-bond acceptors (Lipinski definition) is 4. The van der Waals surface area contributed by atoms with E-state index in [4.69, 9.17) is 0 Å². The van der Waals surface area contributed by atoms with Gasteiger partial charge in [0.2, 0.25) is 11.1 Å². The molecule has 0 bridgehead atoms. The molecule has 5 nitrogen and oxygen atoms in total. The van der Waals surface area contributed by atoms with Crippen molar-refractivity contribution >= 4 is 23.4 Å². The van der Waals surface area contributed by atoms with Crippen LogP contribution in [-0.4, -0.2) is 26.3 Å². The number of hydrogen-bond donors (Lipinski definition) is 2. The highest BCUT2D eigenvalue weighted by Crippen LogP contribution is 2.24. The van der Waals surface area contributed by atoms with Crippen molar-refractivity contribution < 1.29 is 4.79 Å². The summed E-state index contributed by atoms with van der Waals surface area (Å²) in [5.41, 5.74) is 3.97. The molecule has 0 aliphatic rings. The topological polar surface area (TPSA) is 70.7 Å². The van der Waals surface area contributed by atoms with Crippen LogP contribution in [0, 0.1) is 13.8 Å². The minimum Gasteiger partial charge on any atom is -0.325 e. The largest absolute Gasteiger partial charge is 0.325 e. The minimum absolute atomic E-state index is 0.0650. The van der Waals surface area contributed by atoms with Crippen LogP contribution in [0.15, 0.2) is 53.7 Å². The first-order valence-electron chi connectivity index (χ1n) is 8.05. The van der Waals surface area contributed by atoms with Gasteiger partial charge < -0.3 is 5.32 Å². The number of aryl methyl sites for hydroxylation is 2. The molecule has 1 aromatic heterocycles. The molecule has 3 rings (SSSR count). The zero-order chi connectivity index (χ0) is 17.8. The van der Waals surface area contributed by atoms with Gasteiger partial charge in [0.1, 0.15) is 0 Å². The van der Waals surface area contributed by atoms with Gasteiger partial charge in [-0.05, 0) is 38.0 Å². The molecule has 3 aromatic rings. The molecule has 25 heavy (non-hydrogen) atoms. The Kier molecular flexibility index (Phi) is 5.19. The zero-order valence-electron chi connectivity index (χ0n) is 14.4. The molecular weight excluding hydrogens is 332 g/mol. The Hall–Kier alpha value is -2.60. The van der Waals surface area contributed by atoms with Gasteiger partial charge in [-0.15, -0.1) is 5.10 Å². The van der Waals surface area contributed by atoms with Gasteiger partial charge >= 0.3 is 0 Å². The Balaban J connectivity index is 1.66. The second kappa shape index (κ2) is 7.53. The van der Waals surface area contributed by atoms with E-state index in [1.165, 1.54) is 11.8 Å². The van der Waals surface area contributed by atoms with E-state index in [0.29, 0.717) is 11.0 Å². The first-order chi connectivity index (χ1) is 12.0. The smallest absolute Gasteiger partial charge is 0.237 e. The monoisotopic (exact) mass is 352 g/mol. The molecule has 2 aromatic carbocycles. The Morgan fingerprint density at radius 1 is 1.16 bits per heavy atom. The molecule has 0 spiro atoms. The van der Waals surface area contributed by atoms with Gasteiger partial charge in [-0.1, -0.05) is 54.2 Å². The van der Waals surface area contributed by atoms with Crippen LogP contribution in [0.3, 0.4) is 0 Å². The molecule has 128 valence electrons. The fraction of sp³-hybridized carbons (Fsp3) is 0.211. The number of benzene rings is 2. The second-order valence-corrected chi connectivity index (χ2v) is 7.21. The fourth-order valence-corrected chi connectivity index (χ4v) is 3.07. The quantitative estimate of drug-likeness (QED) is 0.675. The summed E-state index contributed by atoms with van der Waals surface area (Å²) in [4.78, 5) is 16.9. The van der Waals surface area contributed by atoms with E-state index >= 15 is 0 Å². The average Bonchev–Trinajstić information content (AvgIpc) is 3.07. The van der Waals surface area contributed by atoms with Crippen molar-refractivity contribution in [2.24, 2.45) is 0 Å². The summed E-state index contributed by atoms with van der Waals surface area (Å²) in [5.74, 6) is 0.634. The molecule has 0 saturated carbocycles. The molecule has 2 N–H and O–H groups in total. The van der Waals surface area contributed by atoms with Crippen LogP contribution in [0.5, 0.6) is 0 Å². The van der Waals surface area contributed by atoms with Crippen LogP contribution in [0.25, 0.3) is 11.4 Å². The maximum Gasteiger partial charge on any atom is 0.237 e. The number of H-pyrrole nitrogens is 1.